The molecule has 0 aliphatic carbocycles. The van der Waals surface area contributed by atoms with Gasteiger partial charge in [-0.05, 0) is 36.8 Å². The second kappa shape index (κ2) is 9.47. The first-order valence-corrected chi connectivity index (χ1v) is 10.5. The van der Waals surface area contributed by atoms with E-state index in [-0.39, 0.29) is 31.4 Å². The highest BCUT2D eigenvalue weighted by molar-refractivity contribution is 6.23. The van der Waals surface area contributed by atoms with Crippen LogP contribution in [-0.4, -0.2) is 35.3 Å². The maximum Gasteiger partial charge on any atom is 0.261 e. The predicted octanol–water partition coefficient (Wildman–Crippen LogP) is 3.73. The SMILES string of the molecule is Cc1ccc(CN(C(=O)COc2ccccc2)C2CC(=O)N(c3ccccc3)C2=O)cc1. The number of carbonyl (C=O) groups excluding carboxylic acids is 3. The molecule has 1 fully saturated rings. The van der Waals surface area contributed by atoms with Crippen LogP contribution >= 0.6 is 0 Å². The fourth-order valence-electron chi connectivity index (χ4n) is 3.71. The van der Waals surface area contributed by atoms with Crippen LogP contribution in [0.5, 0.6) is 5.75 Å². The summed E-state index contributed by atoms with van der Waals surface area (Å²) in [5.41, 5.74) is 2.48. The second-order valence-electron chi connectivity index (χ2n) is 7.73. The molecule has 6 nitrogen and oxygen atoms in total. The summed E-state index contributed by atoms with van der Waals surface area (Å²) in [6.07, 6.45) is -0.0589. The molecule has 4 rings (SSSR count). The van der Waals surface area contributed by atoms with Crippen LogP contribution < -0.4 is 9.64 Å². The van der Waals surface area contributed by atoms with Crippen LogP contribution in [0.25, 0.3) is 0 Å². The highest BCUT2D eigenvalue weighted by Crippen LogP contribution is 2.27. The largest absolute Gasteiger partial charge is 0.484 e. The first kappa shape index (κ1) is 21.3. The normalized spacial score (nSPS) is 15.7. The molecule has 1 unspecified atom stereocenters. The average molecular weight is 428 g/mol. The summed E-state index contributed by atoms with van der Waals surface area (Å²) in [6, 6.07) is 24.7. The van der Waals surface area contributed by atoms with E-state index < -0.39 is 11.9 Å². The van der Waals surface area contributed by atoms with E-state index in [1.165, 1.54) is 4.90 Å². The molecule has 162 valence electrons. The van der Waals surface area contributed by atoms with Gasteiger partial charge < -0.3 is 9.64 Å². The topological polar surface area (TPSA) is 66.9 Å². The van der Waals surface area contributed by atoms with Crippen molar-refractivity contribution in [1.82, 2.24) is 4.90 Å². The number of benzene rings is 3. The number of carbonyl (C=O) groups is 3. The van der Waals surface area contributed by atoms with Crippen molar-refractivity contribution < 1.29 is 19.1 Å². The third-order valence-electron chi connectivity index (χ3n) is 5.41. The van der Waals surface area contributed by atoms with Crippen molar-refractivity contribution in [3.8, 4) is 5.75 Å². The van der Waals surface area contributed by atoms with Crippen molar-refractivity contribution in [3.05, 3.63) is 96.1 Å². The molecule has 3 aromatic rings. The summed E-state index contributed by atoms with van der Waals surface area (Å²) >= 11 is 0. The summed E-state index contributed by atoms with van der Waals surface area (Å²) in [5.74, 6) is -0.510. The minimum atomic E-state index is -0.879. The van der Waals surface area contributed by atoms with Gasteiger partial charge in [0.2, 0.25) is 5.91 Å². The number of nitrogens with zero attached hydrogens (tertiary/aromatic N) is 2. The molecule has 3 amide bonds. The Balaban J connectivity index is 1.58. The van der Waals surface area contributed by atoms with E-state index in [0.717, 1.165) is 16.0 Å². The first-order valence-electron chi connectivity index (χ1n) is 10.5. The number of rotatable bonds is 7. The molecule has 0 saturated carbocycles. The van der Waals surface area contributed by atoms with Crippen molar-refractivity contribution >= 4 is 23.4 Å². The van der Waals surface area contributed by atoms with Crippen LogP contribution in [0, 0.1) is 6.92 Å². The van der Waals surface area contributed by atoms with Gasteiger partial charge in [0.25, 0.3) is 11.8 Å². The Hall–Kier alpha value is -3.93. The quantitative estimate of drug-likeness (QED) is 0.538. The van der Waals surface area contributed by atoms with Gasteiger partial charge in [-0.3, -0.25) is 14.4 Å². The number of hydrogen-bond acceptors (Lipinski definition) is 4. The van der Waals surface area contributed by atoms with Crippen LogP contribution in [0.3, 0.4) is 0 Å². The van der Waals surface area contributed by atoms with Gasteiger partial charge in [-0.25, -0.2) is 4.90 Å². The molecule has 0 spiro atoms. The van der Waals surface area contributed by atoms with Gasteiger partial charge >= 0.3 is 0 Å². The third-order valence-corrected chi connectivity index (χ3v) is 5.41. The van der Waals surface area contributed by atoms with Gasteiger partial charge in [0.15, 0.2) is 6.61 Å². The minimum absolute atomic E-state index is 0.0589. The van der Waals surface area contributed by atoms with E-state index in [1.807, 2.05) is 55.5 Å². The van der Waals surface area contributed by atoms with Crippen LogP contribution in [-0.2, 0) is 20.9 Å². The van der Waals surface area contributed by atoms with Crippen molar-refractivity contribution in [2.24, 2.45) is 0 Å². The molecule has 1 aliphatic heterocycles. The standard InChI is InChI=1S/C26H24N2O4/c1-19-12-14-20(15-13-19)17-27(25(30)18-32-22-10-6-3-7-11-22)23-16-24(29)28(26(23)31)21-8-4-2-5-9-21/h2-15,23H,16-18H2,1H3. The zero-order valence-corrected chi connectivity index (χ0v) is 17.8. The van der Waals surface area contributed by atoms with E-state index in [9.17, 15) is 14.4 Å². The monoisotopic (exact) mass is 428 g/mol. The van der Waals surface area contributed by atoms with Gasteiger partial charge in [0.05, 0.1) is 12.1 Å². The number of imide groups is 1. The van der Waals surface area contributed by atoms with E-state index in [2.05, 4.69) is 0 Å². The summed E-state index contributed by atoms with van der Waals surface area (Å²) < 4.78 is 5.64. The van der Waals surface area contributed by atoms with Gasteiger partial charge in [0.1, 0.15) is 11.8 Å². The summed E-state index contributed by atoms with van der Waals surface area (Å²) in [4.78, 5) is 41.8. The lowest BCUT2D eigenvalue weighted by atomic mass is 10.1. The van der Waals surface area contributed by atoms with E-state index in [0.29, 0.717) is 11.4 Å². The Morgan fingerprint density at radius 2 is 1.56 bits per heavy atom. The summed E-state index contributed by atoms with van der Waals surface area (Å²) in [5, 5.41) is 0. The summed E-state index contributed by atoms with van der Waals surface area (Å²) in [6.45, 7) is 1.97. The molecule has 1 saturated heterocycles. The number of anilines is 1. The number of ether oxygens (including phenoxy) is 1. The molecular weight excluding hydrogens is 404 g/mol. The molecule has 1 aliphatic rings. The lowest BCUT2D eigenvalue weighted by molar-refractivity contribution is -0.140. The number of para-hydroxylation sites is 2. The van der Waals surface area contributed by atoms with Gasteiger partial charge in [-0.2, -0.15) is 0 Å². The maximum atomic E-state index is 13.3. The fourth-order valence-corrected chi connectivity index (χ4v) is 3.71. The van der Waals surface area contributed by atoms with Gasteiger partial charge in [-0.15, -0.1) is 0 Å². The molecule has 32 heavy (non-hydrogen) atoms. The molecular formula is C26H24N2O4. The van der Waals surface area contributed by atoms with E-state index in [1.54, 1.807) is 36.4 Å². The number of hydrogen-bond donors (Lipinski definition) is 0. The van der Waals surface area contributed by atoms with Crippen molar-refractivity contribution in [2.45, 2.75) is 25.9 Å². The fraction of sp³-hybridized carbons (Fsp3) is 0.192. The smallest absolute Gasteiger partial charge is 0.261 e. The van der Waals surface area contributed by atoms with Crippen molar-refractivity contribution in [1.29, 1.82) is 0 Å². The Labute approximate surface area is 187 Å². The molecule has 6 heteroatoms. The first-order chi connectivity index (χ1) is 15.5. The molecule has 3 aromatic carbocycles. The Bertz CT molecular complexity index is 1100. The average Bonchev–Trinajstić information content (AvgIpc) is 3.11. The number of amides is 3. The predicted molar refractivity (Wildman–Crippen MR) is 121 cm³/mol. The Morgan fingerprint density at radius 1 is 0.938 bits per heavy atom. The lowest BCUT2D eigenvalue weighted by Crippen LogP contribution is -2.46. The van der Waals surface area contributed by atoms with Gasteiger partial charge in [0, 0.05) is 6.54 Å². The lowest BCUT2D eigenvalue weighted by Gasteiger charge is -2.28. The maximum absolute atomic E-state index is 13.3. The highest BCUT2D eigenvalue weighted by atomic mass is 16.5. The molecule has 0 radical (unpaired) electrons. The second-order valence-corrected chi connectivity index (χ2v) is 7.73. The number of aryl methyl sites for hydroxylation is 1. The van der Waals surface area contributed by atoms with Gasteiger partial charge in [-0.1, -0.05) is 66.2 Å². The van der Waals surface area contributed by atoms with Crippen molar-refractivity contribution in [3.63, 3.8) is 0 Å². The van der Waals surface area contributed by atoms with Crippen LogP contribution in [0.2, 0.25) is 0 Å². The summed E-state index contributed by atoms with van der Waals surface area (Å²) in [7, 11) is 0. The third kappa shape index (κ3) is 4.70. The molecule has 0 bridgehead atoms. The van der Waals surface area contributed by atoms with Crippen LogP contribution in [0.1, 0.15) is 17.5 Å². The van der Waals surface area contributed by atoms with Crippen molar-refractivity contribution in [2.75, 3.05) is 11.5 Å². The molecule has 1 atom stereocenters. The minimum Gasteiger partial charge on any atom is -0.484 e. The molecule has 0 N–H and O–H groups in total. The van der Waals surface area contributed by atoms with E-state index in [4.69, 9.17) is 4.74 Å². The van der Waals surface area contributed by atoms with Crippen LogP contribution in [0.15, 0.2) is 84.9 Å². The molecule has 1 heterocycles. The van der Waals surface area contributed by atoms with E-state index >= 15 is 0 Å². The Kier molecular flexibility index (Phi) is 6.31. The van der Waals surface area contributed by atoms with Crippen LogP contribution in [0.4, 0.5) is 5.69 Å². The molecule has 0 aromatic heterocycles. The zero-order valence-electron chi connectivity index (χ0n) is 17.8. The zero-order chi connectivity index (χ0) is 22.5. The highest BCUT2D eigenvalue weighted by Gasteiger charge is 2.44. The Morgan fingerprint density at radius 3 is 2.22 bits per heavy atom.